The van der Waals surface area contributed by atoms with Crippen molar-refractivity contribution in [1.29, 1.82) is 0 Å². The van der Waals surface area contributed by atoms with Crippen LogP contribution in [0.15, 0.2) is 54.6 Å². The van der Waals surface area contributed by atoms with Crippen molar-refractivity contribution >= 4 is 21.5 Å². The topological polar surface area (TPSA) is 26.0 Å². The highest BCUT2D eigenvalue weighted by Gasteiger charge is 2.22. The summed E-state index contributed by atoms with van der Waals surface area (Å²) in [6.45, 7) is 7.57. The molecule has 114 valence electrons. The predicted molar refractivity (Wildman–Crippen MR) is 97.3 cm³/mol. The Morgan fingerprint density at radius 3 is 1.82 bits per heavy atom. The van der Waals surface area contributed by atoms with Gasteiger partial charge >= 0.3 is 0 Å². The van der Waals surface area contributed by atoms with Crippen LogP contribution in [0.25, 0.3) is 21.5 Å². The highest BCUT2D eigenvalue weighted by atomic mass is 14.6. The number of rotatable bonds is 3. The van der Waals surface area contributed by atoms with Gasteiger partial charge in [0.1, 0.15) is 0 Å². The Bertz CT molecular complexity index is 742. The Morgan fingerprint density at radius 1 is 0.864 bits per heavy atom. The second-order valence-corrected chi connectivity index (χ2v) is 7.43. The smallest absolute Gasteiger partial charge is 0.000759 e. The van der Waals surface area contributed by atoms with Crippen molar-refractivity contribution in [3.05, 3.63) is 60.2 Å². The van der Waals surface area contributed by atoms with Gasteiger partial charge in [-0.2, -0.15) is 0 Å². The fraction of sp³-hybridized carbons (Fsp3) is 0.333. The summed E-state index contributed by atoms with van der Waals surface area (Å²) in [7, 11) is 0. The van der Waals surface area contributed by atoms with Crippen molar-refractivity contribution in [1.82, 2.24) is 0 Å². The Morgan fingerprint density at radius 2 is 1.36 bits per heavy atom. The molecular formula is C21H25N. The average molecular weight is 291 g/mol. The van der Waals surface area contributed by atoms with Gasteiger partial charge in [0.2, 0.25) is 0 Å². The lowest BCUT2D eigenvalue weighted by Gasteiger charge is -2.27. The van der Waals surface area contributed by atoms with Crippen LogP contribution in [0, 0.1) is 5.41 Å². The number of hydrogen-bond acceptors (Lipinski definition) is 1. The Kier molecular flexibility index (Phi) is 3.92. The molecule has 0 amide bonds. The molecule has 0 aliphatic carbocycles. The second-order valence-electron chi connectivity index (χ2n) is 7.43. The van der Waals surface area contributed by atoms with Gasteiger partial charge in [-0.05, 0) is 57.5 Å². The van der Waals surface area contributed by atoms with E-state index in [9.17, 15) is 0 Å². The third-order valence-electron chi connectivity index (χ3n) is 4.36. The lowest BCUT2D eigenvalue weighted by atomic mass is 9.78. The van der Waals surface area contributed by atoms with Crippen molar-refractivity contribution < 1.29 is 0 Å². The molecule has 1 heteroatoms. The first-order chi connectivity index (χ1) is 10.5. The van der Waals surface area contributed by atoms with Crippen LogP contribution in [-0.2, 0) is 0 Å². The highest BCUT2D eigenvalue weighted by molar-refractivity contribution is 6.02. The summed E-state index contributed by atoms with van der Waals surface area (Å²) in [5.41, 5.74) is 7.88. The molecule has 22 heavy (non-hydrogen) atoms. The summed E-state index contributed by atoms with van der Waals surface area (Å²) < 4.78 is 0. The van der Waals surface area contributed by atoms with Crippen molar-refractivity contribution in [2.75, 3.05) is 6.54 Å². The van der Waals surface area contributed by atoms with Gasteiger partial charge in [-0.3, -0.25) is 0 Å². The Hall–Kier alpha value is -1.86. The highest BCUT2D eigenvalue weighted by Crippen LogP contribution is 2.38. The first kappa shape index (κ1) is 15.1. The monoisotopic (exact) mass is 291 g/mol. The molecule has 0 saturated carbocycles. The van der Waals surface area contributed by atoms with Crippen molar-refractivity contribution in [2.24, 2.45) is 11.1 Å². The zero-order valence-electron chi connectivity index (χ0n) is 13.8. The van der Waals surface area contributed by atoms with Gasteiger partial charge in [-0.25, -0.2) is 0 Å². The van der Waals surface area contributed by atoms with Gasteiger partial charge in [0.05, 0.1) is 0 Å². The van der Waals surface area contributed by atoms with E-state index in [0.717, 1.165) is 6.42 Å². The molecule has 0 aliphatic rings. The molecule has 0 saturated heterocycles. The van der Waals surface area contributed by atoms with Crippen LogP contribution < -0.4 is 5.73 Å². The molecule has 3 aromatic carbocycles. The third-order valence-corrected chi connectivity index (χ3v) is 4.36. The minimum atomic E-state index is 0.266. The molecule has 0 radical (unpaired) electrons. The molecule has 0 heterocycles. The van der Waals surface area contributed by atoms with E-state index in [-0.39, 0.29) is 5.41 Å². The molecule has 3 rings (SSSR count). The van der Waals surface area contributed by atoms with Crippen LogP contribution >= 0.6 is 0 Å². The van der Waals surface area contributed by atoms with Crippen LogP contribution in [0.3, 0.4) is 0 Å². The van der Waals surface area contributed by atoms with Crippen LogP contribution in [-0.4, -0.2) is 6.54 Å². The fourth-order valence-corrected chi connectivity index (χ4v) is 3.53. The largest absolute Gasteiger partial charge is 0.330 e. The molecule has 1 nitrogen and oxygen atoms in total. The minimum absolute atomic E-state index is 0.266. The fourth-order valence-electron chi connectivity index (χ4n) is 3.53. The average Bonchev–Trinajstić information content (AvgIpc) is 2.49. The lowest BCUT2D eigenvalue weighted by Crippen LogP contribution is -2.20. The maximum absolute atomic E-state index is 6.19. The zero-order valence-corrected chi connectivity index (χ0v) is 13.8. The maximum Gasteiger partial charge on any atom is -0.000759 e. The van der Waals surface area contributed by atoms with Crippen molar-refractivity contribution in [3.63, 3.8) is 0 Å². The molecule has 0 bridgehead atoms. The molecule has 3 aromatic rings. The summed E-state index contributed by atoms with van der Waals surface area (Å²) in [5, 5.41) is 5.31. The quantitative estimate of drug-likeness (QED) is 0.636. The van der Waals surface area contributed by atoms with E-state index in [4.69, 9.17) is 5.73 Å². The van der Waals surface area contributed by atoms with E-state index >= 15 is 0 Å². The predicted octanol–water partition coefficient (Wildman–Crippen LogP) is 5.47. The molecule has 0 fully saturated rings. The standard InChI is InChI=1S/C21H25N/c1-21(2,3)13-17(14-22)20-18-10-6-4-8-15(18)12-16-9-5-7-11-19(16)20/h4-12,17H,13-14,22H2,1-3H3. The minimum Gasteiger partial charge on any atom is -0.330 e. The van der Waals surface area contributed by atoms with Crippen LogP contribution in [0.1, 0.15) is 38.7 Å². The third kappa shape index (κ3) is 2.86. The maximum atomic E-state index is 6.19. The van der Waals surface area contributed by atoms with E-state index in [1.54, 1.807) is 0 Å². The van der Waals surface area contributed by atoms with Crippen LogP contribution in [0.4, 0.5) is 0 Å². The van der Waals surface area contributed by atoms with Gasteiger partial charge in [0.15, 0.2) is 0 Å². The van der Waals surface area contributed by atoms with Gasteiger partial charge in [-0.1, -0.05) is 69.3 Å². The van der Waals surface area contributed by atoms with Gasteiger partial charge in [0, 0.05) is 0 Å². The summed E-state index contributed by atoms with van der Waals surface area (Å²) in [6.07, 6.45) is 1.10. The van der Waals surface area contributed by atoms with E-state index in [1.807, 2.05) is 0 Å². The van der Waals surface area contributed by atoms with E-state index in [2.05, 4.69) is 75.4 Å². The number of nitrogens with two attached hydrogens (primary N) is 1. The van der Waals surface area contributed by atoms with Crippen LogP contribution in [0.2, 0.25) is 0 Å². The normalized spacial score (nSPS) is 13.6. The molecule has 0 aliphatic heterocycles. The Balaban J connectivity index is 2.31. The van der Waals surface area contributed by atoms with Crippen LogP contribution in [0.5, 0.6) is 0 Å². The molecule has 0 aromatic heterocycles. The summed E-state index contributed by atoms with van der Waals surface area (Å²) >= 11 is 0. The molecule has 1 atom stereocenters. The molecule has 0 spiro atoms. The number of benzene rings is 3. The second kappa shape index (κ2) is 5.73. The summed E-state index contributed by atoms with van der Waals surface area (Å²) in [6, 6.07) is 19.7. The number of fused-ring (bicyclic) bond motifs is 2. The first-order valence-electron chi connectivity index (χ1n) is 8.10. The van der Waals surface area contributed by atoms with Gasteiger partial charge in [0.25, 0.3) is 0 Å². The van der Waals surface area contributed by atoms with E-state index < -0.39 is 0 Å². The molecule has 2 N–H and O–H groups in total. The lowest BCUT2D eigenvalue weighted by molar-refractivity contribution is 0.343. The first-order valence-corrected chi connectivity index (χ1v) is 8.10. The SMILES string of the molecule is CC(C)(C)CC(CN)c1c2ccccc2cc2ccccc12. The van der Waals surface area contributed by atoms with Gasteiger partial charge in [-0.15, -0.1) is 0 Å². The molecule has 1 unspecified atom stereocenters. The Labute approximate surface area is 133 Å². The summed E-state index contributed by atoms with van der Waals surface area (Å²) in [4.78, 5) is 0. The van der Waals surface area contributed by atoms with Crippen molar-refractivity contribution in [2.45, 2.75) is 33.1 Å². The zero-order chi connectivity index (χ0) is 15.7. The van der Waals surface area contributed by atoms with Crippen molar-refractivity contribution in [3.8, 4) is 0 Å². The summed E-state index contributed by atoms with van der Waals surface area (Å²) in [5.74, 6) is 0.385. The van der Waals surface area contributed by atoms with E-state index in [1.165, 1.54) is 27.1 Å². The number of hydrogen-bond donors (Lipinski definition) is 1. The molecular weight excluding hydrogens is 266 g/mol. The van der Waals surface area contributed by atoms with E-state index in [0.29, 0.717) is 12.5 Å². The van der Waals surface area contributed by atoms with Gasteiger partial charge < -0.3 is 5.73 Å².